The highest BCUT2D eigenvalue weighted by Gasteiger charge is 2.58. The molecule has 0 aromatic heterocycles. The molecule has 2 atom stereocenters. The van der Waals surface area contributed by atoms with Crippen LogP contribution in [0.25, 0.3) is 0 Å². The van der Waals surface area contributed by atoms with Crippen LogP contribution in [0.4, 0.5) is 0 Å². The van der Waals surface area contributed by atoms with Crippen molar-refractivity contribution in [1.29, 1.82) is 0 Å². The van der Waals surface area contributed by atoms with Gasteiger partial charge in [0.25, 0.3) is 5.91 Å². The van der Waals surface area contributed by atoms with Crippen LogP contribution in [0.15, 0.2) is 18.2 Å². The van der Waals surface area contributed by atoms with Crippen molar-refractivity contribution in [2.24, 2.45) is 0 Å². The monoisotopic (exact) mass is 432 g/mol. The van der Waals surface area contributed by atoms with E-state index in [9.17, 15) is 22.8 Å². The molecule has 1 aromatic rings. The molecule has 160 valence electrons. The number of imide groups is 1. The number of carbonyl (C=O) groups excluding carboxylic acids is 3. The number of sulfone groups is 1. The maximum atomic E-state index is 13.2. The Bertz CT molecular complexity index is 1050. The molecule has 0 bridgehead atoms. The number of fused-ring (bicyclic) bond motifs is 1. The molecule has 3 saturated heterocycles. The van der Waals surface area contributed by atoms with Gasteiger partial charge in [-0.2, -0.15) is 0 Å². The molecule has 0 aliphatic carbocycles. The molecule has 1 spiro atoms. The standard InChI is InChI=1S/C20H24N4O5S/c25-16-5-4-14(18(26)23-16)24-9-13-3-1-2-12(17(13)19(24)27)8-22-15-6-7-30(28,29)20(15)10-21-11-20/h1-3,14-15,21-22H,4-11H2,(H,23,25,26). The molecular weight excluding hydrogens is 408 g/mol. The summed E-state index contributed by atoms with van der Waals surface area (Å²) in [6.07, 6.45) is 1.11. The predicted octanol–water partition coefficient (Wildman–Crippen LogP) is -0.934. The van der Waals surface area contributed by atoms with Crippen LogP contribution in [-0.2, 0) is 32.5 Å². The van der Waals surface area contributed by atoms with E-state index in [-0.39, 0.29) is 30.0 Å². The highest BCUT2D eigenvalue weighted by Crippen LogP contribution is 2.36. The lowest BCUT2D eigenvalue weighted by atomic mass is 9.91. The van der Waals surface area contributed by atoms with Gasteiger partial charge in [0, 0.05) is 44.2 Å². The molecule has 4 aliphatic heterocycles. The Labute approximate surface area is 174 Å². The number of hydrogen-bond donors (Lipinski definition) is 3. The SMILES string of the molecule is O=C1CCC(N2Cc3cccc(CNC4CCS(=O)(=O)C45CNC5)c3C2=O)C(=O)N1. The molecule has 4 heterocycles. The van der Waals surface area contributed by atoms with E-state index < -0.39 is 26.5 Å². The second-order valence-corrected chi connectivity index (χ2v) is 11.0. The first-order chi connectivity index (χ1) is 14.3. The summed E-state index contributed by atoms with van der Waals surface area (Å²) >= 11 is 0. The van der Waals surface area contributed by atoms with Gasteiger partial charge in [0.05, 0.1) is 5.75 Å². The summed E-state index contributed by atoms with van der Waals surface area (Å²) in [6.45, 7) is 1.64. The Hall–Kier alpha value is -2.30. The highest BCUT2D eigenvalue weighted by atomic mass is 32.2. The quantitative estimate of drug-likeness (QED) is 0.525. The summed E-state index contributed by atoms with van der Waals surface area (Å²) < 4.78 is 24.3. The maximum Gasteiger partial charge on any atom is 0.255 e. The zero-order chi connectivity index (χ0) is 21.1. The van der Waals surface area contributed by atoms with Crippen molar-refractivity contribution in [3.63, 3.8) is 0 Å². The lowest BCUT2D eigenvalue weighted by molar-refractivity contribution is -0.136. The lowest BCUT2D eigenvalue weighted by Crippen LogP contribution is -2.69. The van der Waals surface area contributed by atoms with E-state index in [1.807, 2.05) is 18.2 Å². The molecule has 2 unspecified atom stereocenters. The van der Waals surface area contributed by atoms with E-state index in [2.05, 4.69) is 16.0 Å². The predicted molar refractivity (Wildman–Crippen MR) is 107 cm³/mol. The van der Waals surface area contributed by atoms with E-state index in [0.717, 1.165) is 11.1 Å². The number of hydrogen-bond acceptors (Lipinski definition) is 7. The van der Waals surface area contributed by atoms with Crippen molar-refractivity contribution < 1.29 is 22.8 Å². The van der Waals surface area contributed by atoms with Gasteiger partial charge in [0.1, 0.15) is 10.8 Å². The number of rotatable bonds is 4. The van der Waals surface area contributed by atoms with Crippen LogP contribution in [0.2, 0.25) is 0 Å². The molecule has 10 heteroatoms. The largest absolute Gasteiger partial charge is 0.322 e. The van der Waals surface area contributed by atoms with E-state index in [4.69, 9.17) is 0 Å². The summed E-state index contributed by atoms with van der Waals surface area (Å²) in [5, 5.41) is 8.79. The van der Waals surface area contributed by atoms with Crippen LogP contribution >= 0.6 is 0 Å². The summed E-state index contributed by atoms with van der Waals surface area (Å²) in [4.78, 5) is 38.4. The minimum atomic E-state index is -3.13. The third kappa shape index (κ3) is 2.81. The Balaban J connectivity index is 1.34. The summed E-state index contributed by atoms with van der Waals surface area (Å²) in [7, 11) is -3.13. The second-order valence-electron chi connectivity index (χ2n) is 8.56. The van der Waals surface area contributed by atoms with Gasteiger partial charge in [-0.3, -0.25) is 19.7 Å². The van der Waals surface area contributed by atoms with Crippen LogP contribution in [0.1, 0.15) is 40.7 Å². The molecular formula is C20H24N4O5S. The van der Waals surface area contributed by atoms with Crippen LogP contribution in [0.5, 0.6) is 0 Å². The number of amides is 3. The van der Waals surface area contributed by atoms with Crippen molar-refractivity contribution in [3.05, 3.63) is 34.9 Å². The minimum absolute atomic E-state index is 0.151. The molecule has 0 saturated carbocycles. The summed E-state index contributed by atoms with van der Waals surface area (Å²) in [5.41, 5.74) is 2.23. The Morgan fingerprint density at radius 3 is 2.67 bits per heavy atom. The lowest BCUT2D eigenvalue weighted by Gasteiger charge is -2.42. The fourth-order valence-corrected chi connectivity index (χ4v) is 7.38. The van der Waals surface area contributed by atoms with Gasteiger partial charge in [-0.15, -0.1) is 0 Å². The van der Waals surface area contributed by atoms with Gasteiger partial charge in [-0.05, 0) is 24.0 Å². The van der Waals surface area contributed by atoms with Gasteiger partial charge < -0.3 is 15.5 Å². The van der Waals surface area contributed by atoms with E-state index in [1.54, 1.807) is 0 Å². The number of carbonyl (C=O) groups is 3. The molecule has 9 nitrogen and oxygen atoms in total. The van der Waals surface area contributed by atoms with E-state index >= 15 is 0 Å². The molecule has 1 aromatic carbocycles. The maximum absolute atomic E-state index is 13.2. The van der Waals surface area contributed by atoms with Gasteiger partial charge >= 0.3 is 0 Å². The first-order valence-electron chi connectivity index (χ1n) is 10.2. The number of piperidine rings is 1. The average molecular weight is 433 g/mol. The molecule has 30 heavy (non-hydrogen) atoms. The van der Waals surface area contributed by atoms with Gasteiger partial charge in [-0.25, -0.2) is 8.42 Å². The van der Waals surface area contributed by atoms with Crippen molar-refractivity contribution in [2.45, 2.75) is 49.2 Å². The Morgan fingerprint density at radius 1 is 1.17 bits per heavy atom. The molecule has 3 N–H and O–H groups in total. The van der Waals surface area contributed by atoms with Gasteiger partial charge in [-0.1, -0.05) is 18.2 Å². The topological polar surface area (TPSA) is 125 Å². The molecule has 5 rings (SSSR count). The van der Waals surface area contributed by atoms with Gasteiger partial charge in [0.15, 0.2) is 9.84 Å². The number of benzene rings is 1. The molecule has 4 aliphatic rings. The zero-order valence-corrected chi connectivity index (χ0v) is 17.3. The van der Waals surface area contributed by atoms with Crippen LogP contribution in [0, 0.1) is 0 Å². The van der Waals surface area contributed by atoms with Crippen LogP contribution < -0.4 is 16.0 Å². The van der Waals surface area contributed by atoms with Crippen molar-refractivity contribution in [2.75, 3.05) is 18.8 Å². The first-order valence-corrected chi connectivity index (χ1v) is 11.9. The summed E-state index contributed by atoms with van der Waals surface area (Å²) in [5.74, 6) is -0.767. The highest BCUT2D eigenvalue weighted by molar-refractivity contribution is 7.93. The van der Waals surface area contributed by atoms with E-state index in [0.29, 0.717) is 44.6 Å². The summed E-state index contributed by atoms with van der Waals surface area (Å²) in [6, 6.07) is 4.82. The van der Waals surface area contributed by atoms with Crippen LogP contribution in [0.3, 0.4) is 0 Å². The average Bonchev–Trinajstić information content (AvgIpc) is 3.13. The minimum Gasteiger partial charge on any atom is -0.322 e. The zero-order valence-electron chi connectivity index (χ0n) is 16.4. The fraction of sp³-hybridized carbons (Fsp3) is 0.550. The molecule has 3 fully saturated rings. The fourth-order valence-electron chi connectivity index (χ4n) is 5.15. The second kappa shape index (κ2) is 6.86. The number of nitrogens with zero attached hydrogens (tertiary/aromatic N) is 1. The molecule has 3 amide bonds. The van der Waals surface area contributed by atoms with Crippen molar-refractivity contribution in [3.8, 4) is 0 Å². The van der Waals surface area contributed by atoms with Crippen molar-refractivity contribution >= 4 is 27.6 Å². The van der Waals surface area contributed by atoms with Gasteiger partial charge in [0.2, 0.25) is 11.8 Å². The Kier molecular flexibility index (Phi) is 4.49. The van der Waals surface area contributed by atoms with Crippen molar-refractivity contribution in [1.82, 2.24) is 20.9 Å². The number of nitrogens with one attached hydrogen (secondary N) is 3. The first kappa shape index (κ1) is 19.7. The smallest absolute Gasteiger partial charge is 0.255 e. The molecule has 0 radical (unpaired) electrons. The third-order valence-corrected chi connectivity index (χ3v) is 9.54. The third-order valence-electron chi connectivity index (χ3n) is 6.96. The van der Waals surface area contributed by atoms with Crippen LogP contribution in [-0.4, -0.2) is 66.7 Å². The Morgan fingerprint density at radius 2 is 1.97 bits per heavy atom. The normalized spacial score (nSPS) is 29.1. The van der Waals surface area contributed by atoms with E-state index in [1.165, 1.54) is 4.90 Å².